The quantitative estimate of drug-likeness (QED) is 0.851. The highest BCUT2D eigenvalue weighted by Gasteiger charge is 2.09. The van der Waals surface area contributed by atoms with Crippen molar-refractivity contribution in [2.24, 2.45) is 0 Å². The summed E-state index contributed by atoms with van der Waals surface area (Å²) in [5.74, 6) is -0.980. The highest BCUT2D eigenvalue weighted by molar-refractivity contribution is 7.11. The fraction of sp³-hybridized carbons (Fsp3) is 0.267. The van der Waals surface area contributed by atoms with Crippen molar-refractivity contribution in [3.8, 4) is 5.75 Å². The molecule has 0 bridgehead atoms. The van der Waals surface area contributed by atoms with E-state index in [1.165, 1.54) is 6.07 Å². The van der Waals surface area contributed by atoms with Crippen LogP contribution in [0, 0.1) is 13.8 Å². The lowest BCUT2D eigenvalue weighted by Crippen LogP contribution is -2.22. The van der Waals surface area contributed by atoms with E-state index >= 15 is 0 Å². The number of carbonyl (C=O) groups excluding carboxylic acids is 1. The maximum Gasteiger partial charge on any atom is 0.341 e. The lowest BCUT2D eigenvalue weighted by molar-refractivity contribution is -0.139. The molecule has 1 aromatic heterocycles. The van der Waals surface area contributed by atoms with Crippen molar-refractivity contribution in [1.29, 1.82) is 0 Å². The topological polar surface area (TPSA) is 88.5 Å². The molecule has 0 spiro atoms. The third-order valence-corrected chi connectivity index (χ3v) is 4.00. The molecule has 2 rings (SSSR count). The zero-order valence-electron chi connectivity index (χ0n) is 12.3. The van der Waals surface area contributed by atoms with E-state index in [1.54, 1.807) is 29.5 Å². The summed E-state index contributed by atoms with van der Waals surface area (Å²) in [4.78, 5) is 28.1. The van der Waals surface area contributed by atoms with Gasteiger partial charge in [0.05, 0.1) is 12.2 Å². The first-order valence-corrected chi connectivity index (χ1v) is 7.43. The summed E-state index contributed by atoms with van der Waals surface area (Å²) >= 11 is 1.55. The van der Waals surface area contributed by atoms with Crippen molar-refractivity contribution in [2.75, 3.05) is 6.61 Å². The fourth-order valence-corrected chi connectivity index (χ4v) is 2.62. The van der Waals surface area contributed by atoms with Gasteiger partial charge in [-0.2, -0.15) is 0 Å². The molecule has 22 heavy (non-hydrogen) atoms. The van der Waals surface area contributed by atoms with Gasteiger partial charge in [0.25, 0.3) is 5.91 Å². The number of benzene rings is 1. The molecule has 0 saturated heterocycles. The number of aromatic nitrogens is 1. The fourth-order valence-electron chi connectivity index (χ4n) is 1.74. The Morgan fingerprint density at radius 2 is 2.14 bits per heavy atom. The van der Waals surface area contributed by atoms with Crippen LogP contribution < -0.4 is 10.1 Å². The number of carboxylic acid groups (broad SMARTS) is 1. The van der Waals surface area contributed by atoms with Gasteiger partial charge >= 0.3 is 5.97 Å². The van der Waals surface area contributed by atoms with Gasteiger partial charge in [-0.25, -0.2) is 9.78 Å². The molecule has 0 aliphatic carbocycles. The van der Waals surface area contributed by atoms with E-state index < -0.39 is 12.6 Å². The van der Waals surface area contributed by atoms with Crippen molar-refractivity contribution in [1.82, 2.24) is 10.3 Å². The maximum absolute atomic E-state index is 12.1. The summed E-state index contributed by atoms with van der Waals surface area (Å²) < 4.78 is 5.05. The van der Waals surface area contributed by atoms with Crippen molar-refractivity contribution < 1.29 is 19.4 Å². The lowest BCUT2D eigenvalue weighted by Gasteiger charge is -2.06. The third-order valence-electron chi connectivity index (χ3n) is 2.93. The maximum atomic E-state index is 12.1. The van der Waals surface area contributed by atoms with Gasteiger partial charge in [-0.1, -0.05) is 6.07 Å². The molecule has 0 atom stereocenters. The van der Waals surface area contributed by atoms with Crippen LogP contribution in [0.15, 0.2) is 24.3 Å². The average Bonchev–Trinajstić information content (AvgIpc) is 2.81. The summed E-state index contributed by atoms with van der Waals surface area (Å²) in [5.41, 5.74) is 1.38. The minimum atomic E-state index is -1.07. The number of amides is 1. The smallest absolute Gasteiger partial charge is 0.341 e. The van der Waals surface area contributed by atoms with Gasteiger partial charge in [0.1, 0.15) is 10.8 Å². The highest BCUT2D eigenvalue weighted by atomic mass is 32.1. The van der Waals surface area contributed by atoms with E-state index in [2.05, 4.69) is 10.3 Å². The Labute approximate surface area is 131 Å². The van der Waals surface area contributed by atoms with Gasteiger partial charge in [0.15, 0.2) is 6.61 Å². The van der Waals surface area contributed by atoms with E-state index in [9.17, 15) is 9.59 Å². The second-order valence-corrected chi connectivity index (χ2v) is 5.93. The largest absolute Gasteiger partial charge is 0.482 e. The molecular formula is C15H16N2O4S. The molecule has 0 aliphatic heterocycles. The molecule has 0 fully saturated rings. The Balaban J connectivity index is 1.97. The normalized spacial score (nSPS) is 10.3. The number of nitrogens with zero attached hydrogens (tertiary/aromatic N) is 1. The van der Waals surface area contributed by atoms with Gasteiger partial charge in [-0.15, -0.1) is 11.3 Å². The molecule has 116 valence electrons. The van der Waals surface area contributed by atoms with Crippen molar-refractivity contribution in [2.45, 2.75) is 20.4 Å². The van der Waals surface area contributed by atoms with E-state index in [-0.39, 0.29) is 5.91 Å². The number of aliphatic carboxylic acids is 1. The van der Waals surface area contributed by atoms with E-state index in [1.807, 2.05) is 13.8 Å². The van der Waals surface area contributed by atoms with Crippen LogP contribution in [0.25, 0.3) is 0 Å². The predicted octanol–water partition coefficient (Wildman–Crippen LogP) is 2.15. The van der Waals surface area contributed by atoms with Gasteiger partial charge in [-0.3, -0.25) is 4.79 Å². The molecule has 0 aliphatic rings. The highest BCUT2D eigenvalue weighted by Crippen LogP contribution is 2.17. The predicted molar refractivity (Wildman–Crippen MR) is 82.3 cm³/mol. The molecule has 6 nitrogen and oxygen atoms in total. The first kappa shape index (κ1) is 16.0. The Morgan fingerprint density at radius 3 is 2.77 bits per heavy atom. The van der Waals surface area contributed by atoms with Crippen LogP contribution in [-0.2, 0) is 11.3 Å². The molecule has 1 amide bonds. The Bertz CT molecular complexity index is 677. The van der Waals surface area contributed by atoms with Gasteiger partial charge in [0.2, 0.25) is 0 Å². The van der Waals surface area contributed by atoms with Crippen molar-refractivity contribution in [3.63, 3.8) is 0 Å². The number of ether oxygens (including phenoxy) is 1. The molecule has 2 N–H and O–H groups in total. The molecule has 1 heterocycles. The summed E-state index contributed by atoms with van der Waals surface area (Å²) in [6.07, 6.45) is 0. The van der Waals surface area contributed by atoms with Crippen molar-refractivity contribution in [3.05, 3.63) is 45.4 Å². The number of carboxylic acids is 1. The zero-order valence-corrected chi connectivity index (χ0v) is 13.1. The van der Waals surface area contributed by atoms with Gasteiger partial charge in [0, 0.05) is 10.4 Å². The van der Waals surface area contributed by atoms with Crippen molar-refractivity contribution >= 4 is 23.2 Å². The second-order valence-electron chi connectivity index (χ2n) is 4.64. The molecular weight excluding hydrogens is 304 g/mol. The van der Waals surface area contributed by atoms with Gasteiger partial charge in [-0.05, 0) is 32.0 Å². The summed E-state index contributed by atoms with van der Waals surface area (Å²) in [5, 5.41) is 12.2. The van der Waals surface area contributed by atoms with Crippen LogP contribution in [0.2, 0.25) is 0 Å². The zero-order chi connectivity index (χ0) is 16.1. The molecule has 0 unspecified atom stereocenters. The number of nitrogens with one attached hydrogen (secondary N) is 1. The molecule has 0 saturated carbocycles. The lowest BCUT2D eigenvalue weighted by atomic mass is 10.2. The first-order chi connectivity index (χ1) is 10.5. The summed E-state index contributed by atoms with van der Waals surface area (Å²) in [7, 11) is 0. The number of hydrogen-bond donors (Lipinski definition) is 2. The monoisotopic (exact) mass is 320 g/mol. The van der Waals surface area contributed by atoms with E-state index in [4.69, 9.17) is 9.84 Å². The van der Waals surface area contributed by atoms with Crippen LogP contribution in [-0.4, -0.2) is 28.6 Å². The first-order valence-electron chi connectivity index (χ1n) is 6.61. The molecule has 0 radical (unpaired) electrons. The van der Waals surface area contributed by atoms with E-state index in [0.29, 0.717) is 17.9 Å². The Hall–Kier alpha value is -2.41. The van der Waals surface area contributed by atoms with Crippen LogP contribution in [0.5, 0.6) is 5.75 Å². The van der Waals surface area contributed by atoms with Crippen LogP contribution in [0.4, 0.5) is 0 Å². The van der Waals surface area contributed by atoms with Crippen LogP contribution in [0.1, 0.15) is 25.9 Å². The molecule has 2 aromatic rings. The molecule has 1 aromatic carbocycles. The number of carbonyl (C=O) groups is 2. The third kappa shape index (κ3) is 4.29. The van der Waals surface area contributed by atoms with E-state index in [0.717, 1.165) is 15.6 Å². The molecule has 7 heteroatoms. The second kappa shape index (κ2) is 7.04. The minimum absolute atomic E-state index is 0.258. The SMILES string of the molecule is Cc1nc(CNC(=O)c2cccc(OCC(=O)O)c2)sc1C. The number of aryl methyl sites for hydroxylation is 2. The number of rotatable bonds is 6. The number of thiazole rings is 1. The summed E-state index contributed by atoms with van der Waals surface area (Å²) in [6, 6.07) is 6.40. The minimum Gasteiger partial charge on any atom is -0.482 e. The summed E-state index contributed by atoms with van der Waals surface area (Å²) in [6.45, 7) is 3.84. The average molecular weight is 320 g/mol. The van der Waals surface area contributed by atoms with Crippen LogP contribution >= 0.6 is 11.3 Å². The van der Waals surface area contributed by atoms with Crippen LogP contribution in [0.3, 0.4) is 0 Å². The van der Waals surface area contributed by atoms with Gasteiger partial charge < -0.3 is 15.2 Å². The Kier molecular flexibility index (Phi) is 5.11. The number of hydrogen-bond acceptors (Lipinski definition) is 5. The Morgan fingerprint density at radius 1 is 1.36 bits per heavy atom. The standard InChI is InChI=1S/C15H16N2O4S/c1-9-10(2)22-13(17-9)7-16-15(20)11-4-3-5-12(6-11)21-8-14(18)19/h3-6H,7-8H2,1-2H3,(H,16,20)(H,18,19).